The lowest BCUT2D eigenvalue weighted by Gasteiger charge is -2.26. The van der Waals surface area contributed by atoms with Gasteiger partial charge in [-0.05, 0) is 42.0 Å². The predicted octanol–water partition coefficient (Wildman–Crippen LogP) is 3.79. The number of carbonyl (C=O) groups excluding carboxylic acids is 2. The number of hydrogen-bond donors (Lipinski definition) is 2. The van der Waals surface area contributed by atoms with Gasteiger partial charge in [-0.3, -0.25) is 4.79 Å². The molecule has 0 bridgehead atoms. The highest BCUT2D eigenvalue weighted by Crippen LogP contribution is 2.20. The smallest absolute Gasteiger partial charge is 0.319 e. The van der Waals surface area contributed by atoms with Crippen LogP contribution < -0.4 is 10.6 Å². The molecule has 2 N–H and O–H groups in total. The average Bonchev–Trinajstić information content (AvgIpc) is 2.68. The van der Waals surface area contributed by atoms with Gasteiger partial charge < -0.3 is 20.3 Å². The minimum atomic E-state index is -0.367. The van der Waals surface area contributed by atoms with E-state index in [0.29, 0.717) is 47.6 Å². The molecule has 2 aromatic carbocycles. The van der Waals surface area contributed by atoms with E-state index in [-0.39, 0.29) is 18.5 Å². The van der Waals surface area contributed by atoms with Crippen LogP contribution in [0.4, 0.5) is 10.5 Å². The maximum atomic E-state index is 12.4. The molecule has 6 nitrogen and oxygen atoms in total. The normalized spacial score (nSPS) is 13.9. The van der Waals surface area contributed by atoms with Gasteiger partial charge in [0.15, 0.2) is 0 Å². The summed E-state index contributed by atoms with van der Waals surface area (Å²) in [7, 11) is 0. The predicted molar refractivity (Wildman–Crippen MR) is 105 cm³/mol. The van der Waals surface area contributed by atoms with Crippen molar-refractivity contribution in [3.8, 4) is 0 Å². The van der Waals surface area contributed by atoms with E-state index >= 15 is 0 Å². The number of hydrogen-bond acceptors (Lipinski definition) is 3. The van der Waals surface area contributed by atoms with Crippen molar-refractivity contribution in [2.45, 2.75) is 6.54 Å². The van der Waals surface area contributed by atoms with Crippen molar-refractivity contribution in [2.24, 2.45) is 0 Å². The molecule has 1 fully saturated rings. The molecule has 0 saturated carbocycles. The lowest BCUT2D eigenvalue weighted by atomic mass is 10.1. The molecule has 1 aliphatic rings. The van der Waals surface area contributed by atoms with Gasteiger partial charge in [0, 0.05) is 40.9 Å². The summed E-state index contributed by atoms with van der Waals surface area (Å²) >= 11 is 11.9. The summed E-state index contributed by atoms with van der Waals surface area (Å²) in [6, 6.07) is 11.5. The summed E-state index contributed by atoms with van der Waals surface area (Å²) in [5.74, 6) is -0.0355. The van der Waals surface area contributed by atoms with Crippen LogP contribution in [-0.2, 0) is 11.3 Å². The van der Waals surface area contributed by atoms with Crippen LogP contribution in [0.15, 0.2) is 42.5 Å². The maximum Gasteiger partial charge on any atom is 0.319 e. The standard InChI is InChI=1S/C19H19Cl2N3O3/c20-15-4-1-14(17(21)11-15)12-22-19(26)23-16-5-2-13(3-6-16)18(25)24-7-9-27-10-8-24/h1-6,11H,7-10,12H2,(H2,22,23,26). The Labute approximate surface area is 167 Å². The van der Waals surface area contributed by atoms with Crippen LogP contribution in [0.2, 0.25) is 10.0 Å². The fourth-order valence-electron chi connectivity index (χ4n) is 2.66. The first kappa shape index (κ1) is 19.5. The Balaban J connectivity index is 1.52. The van der Waals surface area contributed by atoms with Crippen LogP contribution in [0.1, 0.15) is 15.9 Å². The number of nitrogens with one attached hydrogen (secondary N) is 2. The quantitative estimate of drug-likeness (QED) is 0.809. The molecule has 0 atom stereocenters. The Morgan fingerprint density at radius 3 is 2.41 bits per heavy atom. The van der Waals surface area contributed by atoms with Gasteiger partial charge in [0.05, 0.1) is 13.2 Å². The van der Waals surface area contributed by atoms with E-state index in [9.17, 15) is 9.59 Å². The molecule has 3 rings (SSSR count). The van der Waals surface area contributed by atoms with Gasteiger partial charge in [0.2, 0.25) is 0 Å². The van der Waals surface area contributed by atoms with Crippen LogP contribution in [0.25, 0.3) is 0 Å². The number of ether oxygens (including phenoxy) is 1. The van der Waals surface area contributed by atoms with Gasteiger partial charge in [-0.1, -0.05) is 29.3 Å². The minimum absolute atomic E-state index is 0.0355. The molecule has 0 aromatic heterocycles. The monoisotopic (exact) mass is 407 g/mol. The van der Waals surface area contributed by atoms with Crippen LogP contribution in [0.3, 0.4) is 0 Å². The average molecular weight is 408 g/mol. The number of halogens is 2. The van der Waals surface area contributed by atoms with Gasteiger partial charge in [0.1, 0.15) is 0 Å². The second-order valence-electron chi connectivity index (χ2n) is 6.03. The summed E-state index contributed by atoms with van der Waals surface area (Å²) in [5, 5.41) is 6.49. The van der Waals surface area contributed by atoms with Crippen molar-refractivity contribution in [1.29, 1.82) is 0 Å². The first-order valence-corrected chi connectivity index (χ1v) is 9.24. The minimum Gasteiger partial charge on any atom is -0.378 e. The molecule has 0 radical (unpaired) electrons. The first-order valence-electron chi connectivity index (χ1n) is 8.49. The zero-order valence-electron chi connectivity index (χ0n) is 14.5. The zero-order valence-corrected chi connectivity index (χ0v) is 16.0. The highest BCUT2D eigenvalue weighted by Gasteiger charge is 2.18. The van der Waals surface area contributed by atoms with Crippen molar-refractivity contribution in [3.63, 3.8) is 0 Å². The lowest BCUT2D eigenvalue weighted by molar-refractivity contribution is 0.0303. The Morgan fingerprint density at radius 2 is 1.74 bits per heavy atom. The summed E-state index contributed by atoms with van der Waals surface area (Å²) < 4.78 is 5.25. The van der Waals surface area contributed by atoms with E-state index in [1.165, 1.54) is 0 Å². The van der Waals surface area contributed by atoms with E-state index in [1.54, 1.807) is 47.4 Å². The topological polar surface area (TPSA) is 70.7 Å². The molecule has 0 unspecified atom stereocenters. The van der Waals surface area contributed by atoms with Gasteiger partial charge in [-0.25, -0.2) is 4.79 Å². The van der Waals surface area contributed by atoms with Crippen molar-refractivity contribution in [3.05, 3.63) is 63.6 Å². The van der Waals surface area contributed by atoms with E-state index in [4.69, 9.17) is 27.9 Å². The third kappa shape index (κ3) is 5.35. The summed E-state index contributed by atoms with van der Waals surface area (Å²) in [6.45, 7) is 2.57. The third-order valence-corrected chi connectivity index (χ3v) is 4.73. The Kier molecular flexibility index (Phi) is 6.55. The van der Waals surface area contributed by atoms with Crippen LogP contribution in [-0.4, -0.2) is 43.1 Å². The number of amides is 3. The number of nitrogens with zero attached hydrogens (tertiary/aromatic N) is 1. The molecule has 1 saturated heterocycles. The highest BCUT2D eigenvalue weighted by atomic mass is 35.5. The number of morpholine rings is 1. The fourth-order valence-corrected chi connectivity index (χ4v) is 3.14. The van der Waals surface area contributed by atoms with Gasteiger partial charge in [0.25, 0.3) is 5.91 Å². The highest BCUT2D eigenvalue weighted by molar-refractivity contribution is 6.35. The SMILES string of the molecule is O=C(NCc1ccc(Cl)cc1Cl)Nc1ccc(C(=O)N2CCOCC2)cc1. The van der Waals surface area contributed by atoms with E-state index in [2.05, 4.69) is 10.6 Å². The second kappa shape index (κ2) is 9.08. The van der Waals surface area contributed by atoms with Crippen molar-refractivity contribution < 1.29 is 14.3 Å². The molecule has 0 spiro atoms. The largest absolute Gasteiger partial charge is 0.378 e. The van der Waals surface area contributed by atoms with E-state index in [0.717, 1.165) is 5.56 Å². The number of rotatable bonds is 4. The number of urea groups is 1. The van der Waals surface area contributed by atoms with E-state index in [1.807, 2.05) is 0 Å². The molecule has 3 amide bonds. The number of anilines is 1. The molecule has 8 heteroatoms. The molecular formula is C19H19Cl2N3O3. The van der Waals surface area contributed by atoms with Gasteiger partial charge in [-0.2, -0.15) is 0 Å². The van der Waals surface area contributed by atoms with Crippen LogP contribution >= 0.6 is 23.2 Å². The van der Waals surface area contributed by atoms with Crippen molar-refractivity contribution in [1.82, 2.24) is 10.2 Å². The molecular weight excluding hydrogens is 389 g/mol. The Morgan fingerprint density at radius 1 is 1.04 bits per heavy atom. The van der Waals surface area contributed by atoms with Crippen LogP contribution in [0, 0.1) is 0 Å². The summed E-state index contributed by atoms with van der Waals surface area (Å²) in [5.41, 5.74) is 1.94. The van der Waals surface area contributed by atoms with Gasteiger partial charge >= 0.3 is 6.03 Å². The second-order valence-corrected chi connectivity index (χ2v) is 6.87. The third-order valence-electron chi connectivity index (χ3n) is 4.14. The van der Waals surface area contributed by atoms with Crippen LogP contribution in [0.5, 0.6) is 0 Å². The Hall–Kier alpha value is -2.28. The number of benzene rings is 2. The van der Waals surface area contributed by atoms with Crippen molar-refractivity contribution in [2.75, 3.05) is 31.6 Å². The molecule has 2 aromatic rings. The summed E-state index contributed by atoms with van der Waals surface area (Å²) in [4.78, 5) is 26.2. The van der Waals surface area contributed by atoms with E-state index < -0.39 is 0 Å². The molecule has 142 valence electrons. The lowest BCUT2D eigenvalue weighted by Crippen LogP contribution is -2.40. The van der Waals surface area contributed by atoms with Crippen molar-refractivity contribution >= 4 is 40.8 Å². The first-order chi connectivity index (χ1) is 13.0. The Bertz CT molecular complexity index is 821. The fraction of sp³-hybridized carbons (Fsp3) is 0.263. The van der Waals surface area contributed by atoms with Gasteiger partial charge in [-0.15, -0.1) is 0 Å². The maximum absolute atomic E-state index is 12.4. The molecule has 1 heterocycles. The number of carbonyl (C=O) groups is 2. The molecule has 1 aliphatic heterocycles. The summed E-state index contributed by atoms with van der Waals surface area (Å²) in [6.07, 6.45) is 0. The molecule has 27 heavy (non-hydrogen) atoms. The zero-order chi connectivity index (χ0) is 19.2. The molecule has 0 aliphatic carbocycles.